The molecule has 6 nitrogen and oxygen atoms in total. The van der Waals surface area contributed by atoms with Crippen LogP contribution in [0.15, 0.2) is 54.7 Å². The van der Waals surface area contributed by atoms with Gasteiger partial charge in [0, 0.05) is 54.5 Å². The number of aldehydes is 1. The summed E-state index contributed by atoms with van der Waals surface area (Å²) in [6.07, 6.45) is 2.61. The van der Waals surface area contributed by atoms with E-state index in [0.717, 1.165) is 41.7 Å². The third-order valence-corrected chi connectivity index (χ3v) is 5.32. The number of nitrogens with zero attached hydrogens (tertiary/aromatic N) is 3. The number of carbonyl (C=O) groups is 2. The Labute approximate surface area is 163 Å². The molecule has 1 aliphatic heterocycles. The number of anilines is 1. The van der Waals surface area contributed by atoms with Crippen LogP contribution in [0.4, 0.5) is 5.69 Å². The molecular weight excluding hydrogens is 354 g/mol. The quantitative estimate of drug-likeness (QED) is 0.642. The maximum absolute atomic E-state index is 12.8. The summed E-state index contributed by atoms with van der Waals surface area (Å²) in [6, 6.07) is 15.7. The zero-order valence-corrected chi connectivity index (χ0v) is 15.9. The molecule has 1 aliphatic rings. The Morgan fingerprint density at radius 2 is 1.75 bits per heavy atom. The molecule has 0 unspecified atom stereocenters. The van der Waals surface area contributed by atoms with Crippen LogP contribution in [0, 0.1) is 0 Å². The molecule has 1 aromatic heterocycles. The summed E-state index contributed by atoms with van der Waals surface area (Å²) in [7, 11) is 1.66. The number of aromatic nitrogens is 1. The minimum absolute atomic E-state index is 0.0765. The predicted molar refractivity (Wildman–Crippen MR) is 109 cm³/mol. The van der Waals surface area contributed by atoms with Gasteiger partial charge in [-0.25, -0.2) is 0 Å². The van der Waals surface area contributed by atoms with Gasteiger partial charge in [-0.2, -0.15) is 0 Å². The average molecular weight is 377 g/mol. The molecule has 2 aromatic carbocycles. The number of hydrogen-bond donors (Lipinski definition) is 0. The fourth-order valence-corrected chi connectivity index (χ4v) is 3.75. The largest absolute Gasteiger partial charge is 0.497 e. The van der Waals surface area contributed by atoms with Crippen molar-refractivity contribution in [3.8, 4) is 5.75 Å². The standard InChI is InChI=1S/C22H23N3O3/c1-28-19-8-6-18(7-9-19)23-10-12-24(13-11-23)22(27)15-25-14-17(16-26)20-4-2-3-5-21(20)25/h2-9,14,16H,10-13,15H2,1H3. The summed E-state index contributed by atoms with van der Waals surface area (Å²) in [5.74, 6) is 0.916. The molecule has 1 fully saturated rings. The second-order valence-corrected chi connectivity index (χ2v) is 6.91. The predicted octanol–water partition coefficient (Wildman–Crippen LogP) is 2.81. The molecule has 1 amide bonds. The fourth-order valence-electron chi connectivity index (χ4n) is 3.75. The van der Waals surface area contributed by atoms with Crippen molar-refractivity contribution in [3.63, 3.8) is 0 Å². The van der Waals surface area contributed by atoms with Crippen LogP contribution in [-0.2, 0) is 11.3 Å². The van der Waals surface area contributed by atoms with E-state index in [1.165, 1.54) is 0 Å². The van der Waals surface area contributed by atoms with Gasteiger partial charge in [0.25, 0.3) is 0 Å². The summed E-state index contributed by atoms with van der Waals surface area (Å²) in [5, 5.41) is 0.884. The third-order valence-electron chi connectivity index (χ3n) is 5.32. The Kier molecular flexibility index (Phi) is 5.02. The first kappa shape index (κ1) is 18.1. The van der Waals surface area contributed by atoms with E-state index in [9.17, 15) is 9.59 Å². The number of benzene rings is 2. The molecule has 3 aromatic rings. The van der Waals surface area contributed by atoms with Gasteiger partial charge in [-0.15, -0.1) is 0 Å². The Morgan fingerprint density at radius 3 is 2.43 bits per heavy atom. The van der Waals surface area contributed by atoms with Crippen molar-refractivity contribution in [2.24, 2.45) is 0 Å². The van der Waals surface area contributed by atoms with Crippen LogP contribution < -0.4 is 9.64 Å². The molecule has 144 valence electrons. The number of para-hydroxylation sites is 1. The number of rotatable bonds is 5. The number of piperazine rings is 1. The molecule has 0 saturated carbocycles. The maximum Gasteiger partial charge on any atom is 0.242 e. The summed E-state index contributed by atoms with van der Waals surface area (Å²) in [4.78, 5) is 28.3. The van der Waals surface area contributed by atoms with Crippen LogP contribution >= 0.6 is 0 Å². The Bertz CT molecular complexity index is 986. The first-order valence-electron chi connectivity index (χ1n) is 9.39. The highest BCUT2D eigenvalue weighted by Gasteiger charge is 2.22. The van der Waals surface area contributed by atoms with Crippen molar-refractivity contribution in [1.82, 2.24) is 9.47 Å². The van der Waals surface area contributed by atoms with E-state index in [0.29, 0.717) is 18.7 Å². The van der Waals surface area contributed by atoms with E-state index >= 15 is 0 Å². The second kappa shape index (κ2) is 7.76. The molecular formula is C22H23N3O3. The lowest BCUT2D eigenvalue weighted by Gasteiger charge is -2.36. The van der Waals surface area contributed by atoms with Crippen molar-refractivity contribution >= 4 is 28.8 Å². The van der Waals surface area contributed by atoms with Gasteiger partial charge in [-0.05, 0) is 30.3 Å². The average Bonchev–Trinajstić information content (AvgIpc) is 3.11. The normalized spacial score (nSPS) is 14.3. The van der Waals surface area contributed by atoms with Crippen molar-refractivity contribution in [3.05, 3.63) is 60.3 Å². The molecule has 6 heteroatoms. The number of ether oxygens (including phenoxy) is 1. The molecule has 28 heavy (non-hydrogen) atoms. The van der Waals surface area contributed by atoms with Gasteiger partial charge in [-0.1, -0.05) is 18.2 Å². The molecule has 0 atom stereocenters. The van der Waals surface area contributed by atoms with Gasteiger partial charge in [0.05, 0.1) is 7.11 Å². The smallest absolute Gasteiger partial charge is 0.242 e. The molecule has 0 spiro atoms. The highest BCUT2D eigenvalue weighted by molar-refractivity contribution is 5.98. The molecule has 0 aliphatic carbocycles. The van der Waals surface area contributed by atoms with Gasteiger partial charge >= 0.3 is 0 Å². The highest BCUT2D eigenvalue weighted by Crippen LogP contribution is 2.22. The van der Waals surface area contributed by atoms with Crippen molar-refractivity contribution < 1.29 is 14.3 Å². The van der Waals surface area contributed by atoms with Crippen LogP contribution in [0.1, 0.15) is 10.4 Å². The molecule has 4 rings (SSSR count). The van der Waals surface area contributed by atoms with Gasteiger partial charge in [0.1, 0.15) is 12.3 Å². The lowest BCUT2D eigenvalue weighted by Crippen LogP contribution is -2.49. The first-order chi connectivity index (χ1) is 13.7. The van der Waals surface area contributed by atoms with E-state index in [1.807, 2.05) is 58.0 Å². The summed E-state index contributed by atoms with van der Waals surface area (Å²) >= 11 is 0. The summed E-state index contributed by atoms with van der Waals surface area (Å²) < 4.78 is 7.08. The number of amides is 1. The van der Waals surface area contributed by atoms with E-state index in [2.05, 4.69) is 4.90 Å². The van der Waals surface area contributed by atoms with E-state index in [-0.39, 0.29) is 12.5 Å². The van der Waals surface area contributed by atoms with Crippen LogP contribution in [0.25, 0.3) is 10.9 Å². The van der Waals surface area contributed by atoms with Crippen molar-refractivity contribution in [2.45, 2.75) is 6.54 Å². The first-order valence-corrected chi connectivity index (χ1v) is 9.39. The molecule has 0 radical (unpaired) electrons. The lowest BCUT2D eigenvalue weighted by atomic mass is 10.2. The number of hydrogen-bond acceptors (Lipinski definition) is 4. The minimum Gasteiger partial charge on any atom is -0.497 e. The maximum atomic E-state index is 12.8. The number of carbonyl (C=O) groups excluding carboxylic acids is 2. The summed E-state index contributed by atoms with van der Waals surface area (Å²) in [6.45, 7) is 3.21. The number of methoxy groups -OCH3 is 1. The van der Waals surface area contributed by atoms with E-state index < -0.39 is 0 Å². The van der Waals surface area contributed by atoms with E-state index in [1.54, 1.807) is 13.3 Å². The Balaban J connectivity index is 1.41. The molecule has 1 saturated heterocycles. The van der Waals surface area contributed by atoms with Gasteiger partial charge in [0.2, 0.25) is 5.91 Å². The number of fused-ring (bicyclic) bond motifs is 1. The Hall–Kier alpha value is -3.28. The second-order valence-electron chi connectivity index (χ2n) is 6.91. The zero-order valence-electron chi connectivity index (χ0n) is 15.9. The van der Waals surface area contributed by atoms with Crippen LogP contribution in [-0.4, -0.2) is 54.9 Å². The lowest BCUT2D eigenvalue weighted by molar-refractivity contribution is -0.132. The topological polar surface area (TPSA) is 54.8 Å². The van der Waals surface area contributed by atoms with Gasteiger partial charge in [-0.3, -0.25) is 9.59 Å². The van der Waals surface area contributed by atoms with Gasteiger partial charge < -0.3 is 19.1 Å². The molecule has 0 bridgehead atoms. The zero-order chi connectivity index (χ0) is 19.5. The third kappa shape index (κ3) is 3.45. The van der Waals surface area contributed by atoms with Gasteiger partial charge in [0.15, 0.2) is 6.29 Å². The molecule has 0 N–H and O–H groups in total. The van der Waals surface area contributed by atoms with Crippen LogP contribution in [0.3, 0.4) is 0 Å². The minimum atomic E-state index is 0.0765. The van der Waals surface area contributed by atoms with Crippen molar-refractivity contribution in [1.29, 1.82) is 0 Å². The van der Waals surface area contributed by atoms with E-state index in [4.69, 9.17) is 4.74 Å². The monoisotopic (exact) mass is 377 g/mol. The SMILES string of the molecule is COc1ccc(N2CCN(C(=O)Cn3cc(C=O)c4ccccc43)CC2)cc1. The highest BCUT2D eigenvalue weighted by atomic mass is 16.5. The van der Waals surface area contributed by atoms with Crippen molar-refractivity contribution in [2.75, 3.05) is 38.2 Å². The van der Waals surface area contributed by atoms with Crippen LogP contribution in [0.2, 0.25) is 0 Å². The Morgan fingerprint density at radius 1 is 1.04 bits per heavy atom. The molecule has 2 heterocycles. The summed E-state index contributed by atoms with van der Waals surface area (Å²) in [5.41, 5.74) is 2.67. The fraction of sp³-hybridized carbons (Fsp3) is 0.273. The van der Waals surface area contributed by atoms with Crippen LogP contribution in [0.5, 0.6) is 5.75 Å².